The summed E-state index contributed by atoms with van der Waals surface area (Å²) in [4.78, 5) is 18.8. The second-order valence-electron chi connectivity index (χ2n) is 7.51. The summed E-state index contributed by atoms with van der Waals surface area (Å²) < 4.78 is 11.1. The van der Waals surface area contributed by atoms with Crippen LogP contribution in [0.15, 0.2) is 42.9 Å². The molecule has 0 aliphatic carbocycles. The molecule has 0 aromatic carbocycles. The third kappa shape index (κ3) is 5.26. The highest BCUT2D eigenvalue weighted by Gasteiger charge is 2.23. The number of carbonyl (C=O) groups excluding carboxylic acids is 1. The number of aryl methyl sites for hydroxylation is 1. The number of carbonyl (C=O) groups is 1. The van der Waals surface area contributed by atoms with Crippen molar-refractivity contribution in [1.82, 2.24) is 30.7 Å². The summed E-state index contributed by atoms with van der Waals surface area (Å²) in [7, 11) is 1.59. The summed E-state index contributed by atoms with van der Waals surface area (Å²) in [6, 6.07) is 7.22. The van der Waals surface area contributed by atoms with Crippen LogP contribution in [0.5, 0.6) is 11.6 Å². The number of hydrogen-bond donors (Lipinski definition) is 1. The summed E-state index contributed by atoms with van der Waals surface area (Å²) in [5.41, 5.74) is 2.07. The molecule has 1 saturated heterocycles. The first-order chi connectivity index (χ1) is 15.6. The topological polar surface area (TPSA) is 115 Å². The van der Waals surface area contributed by atoms with Gasteiger partial charge in [-0.3, -0.25) is 4.79 Å². The fraction of sp³-hybridized carbons (Fsp3) is 0.364. The normalized spacial score (nSPS) is 14.1. The summed E-state index contributed by atoms with van der Waals surface area (Å²) in [6.45, 7) is 3.89. The van der Waals surface area contributed by atoms with Gasteiger partial charge in [-0.2, -0.15) is 10.2 Å². The van der Waals surface area contributed by atoms with Crippen molar-refractivity contribution in [3.8, 4) is 11.6 Å². The molecule has 1 N–H and O–H groups in total. The van der Waals surface area contributed by atoms with E-state index in [0.717, 1.165) is 48.6 Å². The second kappa shape index (κ2) is 9.99. The lowest BCUT2D eigenvalue weighted by atomic mass is 10.1. The van der Waals surface area contributed by atoms with Gasteiger partial charge in [0, 0.05) is 44.7 Å². The highest BCUT2D eigenvalue weighted by molar-refractivity contribution is 5.92. The predicted molar refractivity (Wildman–Crippen MR) is 117 cm³/mol. The van der Waals surface area contributed by atoms with E-state index < -0.39 is 0 Å². The molecule has 1 aliphatic heterocycles. The molecule has 10 heteroatoms. The zero-order valence-corrected chi connectivity index (χ0v) is 18.1. The molecule has 10 nitrogen and oxygen atoms in total. The molecule has 0 spiro atoms. The molecule has 4 rings (SSSR count). The minimum Gasteiger partial charge on any atom is -0.489 e. The number of nitrogens with zero attached hydrogens (tertiary/aromatic N) is 6. The van der Waals surface area contributed by atoms with E-state index >= 15 is 0 Å². The Labute approximate surface area is 186 Å². The minimum absolute atomic E-state index is 0.113. The van der Waals surface area contributed by atoms with Crippen LogP contribution in [0.1, 0.15) is 34.5 Å². The first kappa shape index (κ1) is 21.4. The molecule has 0 radical (unpaired) electrons. The monoisotopic (exact) mass is 435 g/mol. The number of piperidine rings is 1. The van der Waals surface area contributed by atoms with E-state index in [9.17, 15) is 4.79 Å². The van der Waals surface area contributed by atoms with Crippen LogP contribution in [0.2, 0.25) is 0 Å². The molecule has 1 fully saturated rings. The number of amides is 1. The summed E-state index contributed by atoms with van der Waals surface area (Å²) in [5, 5.41) is 18.8. The third-order valence-electron chi connectivity index (χ3n) is 5.25. The molecule has 0 unspecified atom stereocenters. The number of hydrogen-bond acceptors (Lipinski definition) is 9. The Morgan fingerprint density at radius 1 is 1.16 bits per heavy atom. The van der Waals surface area contributed by atoms with Gasteiger partial charge >= 0.3 is 0 Å². The van der Waals surface area contributed by atoms with Gasteiger partial charge in [-0.15, -0.1) is 10.2 Å². The van der Waals surface area contributed by atoms with Gasteiger partial charge in [0.1, 0.15) is 11.9 Å². The summed E-state index contributed by atoms with van der Waals surface area (Å²) in [6.07, 6.45) is 6.70. The minimum atomic E-state index is -0.274. The van der Waals surface area contributed by atoms with Gasteiger partial charge in [-0.05, 0) is 36.2 Å². The zero-order chi connectivity index (χ0) is 22.3. The molecule has 0 bridgehead atoms. The van der Waals surface area contributed by atoms with Gasteiger partial charge < -0.3 is 19.7 Å². The number of rotatable bonds is 7. The Bertz CT molecular complexity index is 1040. The molecular formula is C22H25N7O3. The van der Waals surface area contributed by atoms with E-state index in [-0.39, 0.29) is 12.0 Å². The largest absolute Gasteiger partial charge is 0.489 e. The molecule has 1 amide bonds. The SMILES string of the molecule is COc1ccc(OC2CCN(c3nnc(C(=O)NCc4ccnnc4)cc3C)CC2)cn1. The average molecular weight is 435 g/mol. The van der Waals surface area contributed by atoms with Gasteiger partial charge in [0.15, 0.2) is 11.5 Å². The molecule has 4 heterocycles. The van der Waals surface area contributed by atoms with Crippen LogP contribution in [0.3, 0.4) is 0 Å². The maximum atomic E-state index is 12.4. The van der Waals surface area contributed by atoms with E-state index in [1.54, 1.807) is 43.9 Å². The van der Waals surface area contributed by atoms with Crippen LogP contribution in [-0.2, 0) is 6.54 Å². The fourth-order valence-corrected chi connectivity index (χ4v) is 3.53. The van der Waals surface area contributed by atoms with Gasteiger partial charge in [-0.25, -0.2) is 4.98 Å². The van der Waals surface area contributed by atoms with Crippen LogP contribution in [0, 0.1) is 6.92 Å². The van der Waals surface area contributed by atoms with E-state index in [0.29, 0.717) is 18.1 Å². The number of ether oxygens (including phenoxy) is 2. The lowest BCUT2D eigenvalue weighted by molar-refractivity contribution is 0.0944. The fourth-order valence-electron chi connectivity index (χ4n) is 3.53. The Kier molecular flexibility index (Phi) is 6.69. The van der Waals surface area contributed by atoms with Crippen molar-refractivity contribution in [2.75, 3.05) is 25.1 Å². The Morgan fingerprint density at radius 3 is 2.66 bits per heavy atom. The van der Waals surface area contributed by atoms with Crippen LogP contribution in [0.25, 0.3) is 0 Å². The van der Waals surface area contributed by atoms with Crippen molar-refractivity contribution in [1.29, 1.82) is 0 Å². The summed E-state index contributed by atoms with van der Waals surface area (Å²) >= 11 is 0. The highest BCUT2D eigenvalue weighted by Crippen LogP contribution is 2.24. The third-order valence-corrected chi connectivity index (χ3v) is 5.25. The smallest absolute Gasteiger partial charge is 0.272 e. The zero-order valence-electron chi connectivity index (χ0n) is 18.1. The van der Waals surface area contributed by atoms with E-state index in [4.69, 9.17) is 9.47 Å². The number of nitrogens with one attached hydrogen (secondary N) is 1. The molecule has 0 atom stereocenters. The molecule has 0 saturated carbocycles. The Balaban J connectivity index is 1.31. The van der Waals surface area contributed by atoms with Gasteiger partial charge in [-0.1, -0.05) is 0 Å². The van der Waals surface area contributed by atoms with Crippen molar-refractivity contribution < 1.29 is 14.3 Å². The Hall–Kier alpha value is -3.82. The number of anilines is 1. The standard InChI is InChI=1S/C22H25N7O3/c1-15-11-19(22(30)24-12-16-5-8-25-26-13-16)27-28-21(15)29-9-6-17(7-10-29)32-18-3-4-20(31-2)23-14-18/h3-5,8,11,13-14,17H,6-7,9-10,12H2,1-2H3,(H,24,30). The quantitative estimate of drug-likeness (QED) is 0.594. The molecule has 3 aromatic rings. The van der Waals surface area contributed by atoms with Crippen molar-refractivity contribution in [3.63, 3.8) is 0 Å². The average Bonchev–Trinajstić information content (AvgIpc) is 2.84. The lowest BCUT2D eigenvalue weighted by Crippen LogP contribution is -2.39. The molecule has 3 aromatic heterocycles. The van der Waals surface area contributed by atoms with Crippen molar-refractivity contribution in [3.05, 3.63) is 59.7 Å². The molecular weight excluding hydrogens is 410 g/mol. The van der Waals surface area contributed by atoms with Crippen LogP contribution >= 0.6 is 0 Å². The van der Waals surface area contributed by atoms with Gasteiger partial charge in [0.2, 0.25) is 5.88 Å². The van der Waals surface area contributed by atoms with Gasteiger partial charge in [0.25, 0.3) is 5.91 Å². The van der Waals surface area contributed by atoms with Crippen molar-refractivity contribution in [2.24, 2.45) is 0 Å². The van der Waals surface area contributed by atoms with Gasteiger partial charge in [0.05, 0.1) is 19.5 Å². The number of pyridine rings is 1. The van der Waals surface area contributed by atoms with Crippen LogP contribution < -0.4 is 19.7 Å². The maximum Gasteiger partial charge on any atom is 0.272 e. The molecule has 1 aliphatic rings. The summed E-state index contributed by atoms with van der Waals surface area (Å²) in [5.74, 6) is 1.82. The molecule has 32 heavy (non-hydrogen) atoms. The number of methoxy groups -OCH3 is 1. The highest BCUT2D eigenvalue weighted by atomic mass is 16.5. The van der Waals surface area contributed by atoms with Crippen molar-refractivity contribution >= 4 is 11.7 Å². The van der Waals surface area contributed by atoms with E-state index in [1.807, 2.05) is 13.0 Å². The first-order valence-corrected chi connectivity index (χ1v) is 10.4. The van der Waals surface area contributed by atoms with Crippen LogP contribution in [0.4, 0.5) is 5.82 Å². The van der Waals surface area contributed by atoms with Crippen molar-refractivity contribution in [2.45, 2.75) is 32.4 Å². The van der Waals surface area contributed by atoms with Crippen LogP contribution in [-0.4, -0.2) is 57.6 Å². The first-order valence-electron chi connectivity index (χ1n) is 10.4. The number of aromatic nitrogens is 5. The van der Waals surface area contributed by atoms with E-state index in [2.05, 4.69) is 35.6 Å². The lowest BCUT2D eigenvalue weighted by Gasteiger charge is -2.33. The predicted octanol–water partition coefficient (Wildman–Crippen LogP) is 1.96. The molecule has 166 valence electrons. The maximum absolute atomic E-state index is 12.4. The van der Waals surface area contributed by atoms with E-state index in [1.165, 1.54) is 0 Å². The Morgan fingerprint density at radius 2 is 2.00 bits per heavy atom. The second-order valence-corrected chi connectivity index (χ2v) is 7.51.